The van der Waals surface area contributed by atoms with E-state index in [0.29, 0.717) is 12.5 Å². The van der Waals surface area contributed by atoms with E-state index in [-0.39, 0.29) is 12.5 Å². The summed E-state index contributed by atoms with van der Waals surface area (Å²) in [6, 6.07) is 10.6. The van der Waals surface area contributed by atoms with Gasteiger partial charge in [-0.2, -0.15) is 0 Å². The first-order valence-electron chi connectivity index (χ1n) is 8.83. The van der Waals surface area contributed by atoms with Crippen molar-refractivity contribution in [3.05, 3.63) is 52.5 Å². The largest absolute Gasteiger partial charge is 0.356 e. The van der Waals surface area contributed by atoms with Crippen molar-refractivity contribution in [1.82, 2.24) is 15.2 Å². The Morgan fingerprint density at radius 1 is 1.28 bits per heavy atom. The van der Waals surface area contributed by atoms with Crippen molar-refractivity contribution in [2.24, 2.45) is 5.92 Å². The topological polar surface area (TPSA) is 54.5 Å². The Bertz CT molecular complexity index is 687. The number of piperidine rings is 1. The highest BCUT2D eigenvalue weighted by Gasteiger charge is 2.47. The molecule has 0 aliphatic carbocycles. The van der Waals surface area contributed by atoms with Gasteiger partial charge in [-0.3, -0.25) is 9.69 Å². The quantitative estimate of drug-likeness (QED) is 0.913. The van der Waals surface area contributed by atoms with E-state index in [1.54, 1.807) is 11.3 Å². The van der Waals surface area contributed by atoms with Gasteiger partial charge in [-0.1, -0.05) is 30.3 Å². The van der Waals surface area contributed by atoms with E-state index >= 15 is 0 Å². The number of hydrogen-bond acceptors (Lipinski definition) is 5. The number of morpholine rings is 1. The Morgan fingerprint density at radius 2 is 2.08 bits per heavy atom. The fourth-order valence-electron chi connectivity index (χ4n) is 3.93. The molecule has 1 aromatic heterocycles. The lowest BCUT2D eigenvalue weighted by Gasteiger charge is -2.45. The zero-order valence-corrected chi connectivity index (χ0v) is 15.0. The molecule has 2 aliphatic rings. The average molecular weight is 357 g/mol. The van der Waals surface area contributed by atoms with Crippen molar-refractivity contribution < 1.29 is 9.53 Å². The van der Waals surface area contributed by atoms with Crippen molar-refractivity contribution in [3.63, 3.8) is 0 Å². The Hall–Kier alpha value is -1.76. The van der Waals surface area contributed by atoms with Gasteiger partial charge in [0.2, 0.25) is 5.91 Å². The third kappa shape index (κ3) is 3.47. The van der Waals surface area contributed by atoms with Crippen LogP contribution in [0.5, 0.6) is 0 Å². The summed E-state index contributed by atoms with van der Waals surface area (Å²) in [6.07, 6.45) is 3.94. The first-order chi connectivity index (χ1) is 12.3. The third-order valence-electron chi connectivity index (χ3n) is 5.30. The fraction of sp³-hybridized carbons (Fsp3) is 0.474. The van der Waals surface area contributed by atoms with E-state index in [0.717, 1.165) is 37.5 Å². The summed E-state index contributed by atoms with van der Waals surface area (Å²) >= 11 is 1.63. The molecule has 0 saturated carbocycles. The fourth-order valence-corrected chi connectivity index (χ4v) is 4.80. The molecule has 5 nitrogen and oxygen atoms in total. The second-order valence-corrected chi connectivity index (χ2v) is 7.72. The van der Waals surface area contributed by atoms with E-state index in [4.69, 9.17) is 4.74 Å². The number of nitrogens with zero attached hydrogens (tertiary/aromatic N) is 2. The van der Waals surface area contributed by atoms with Gasteiger partial charge in [0.1, 0.15) is 17.2 Å². The molecule has 0 bridgehead atoms. The van der Waals surface area contributed by atoms with E-state index in [1.807, 2.05) is 11.6 Å². The maximum absolute atomic E-state index is 11.6. The highest BCUT2D eigenvalue weighted by atomic mass is 32.1. The van der Waals surface area contributed by atoms with Crippen LogP contribution >= 0.6 is 11.3 Å². The molecule has 132 valence electrons. The number of benzene rings is 1. The number of hydrogen-bond donors (Lipinski definition) is 1. The second kappa shape index (κ2) is 7.23. The number of likely N-dealkylation sites (tertiary alicyclic amines) is 1. The molecule has 4 rings (SSSR count). The van der Waals surface area contributed by atoms with Gasteiger partial charge < -0.3 is 10.1 Å². The van der Waals surface area contributed by atoms with Crippen LogP contribution in [-0.4, -0.2) is 42.0 Å². The molecule has 2 fully saturated rings. The zero-order valence-electron chi connectivity index (χ0n) is 14.2. The number of rotatable bonds is 4. The summed E-state index contributed by atoms with van der Waals surface area (Å²) in [6.45, 7) is 3.75. The van der Waals surface area contributed by atoms with Crippen molar-refractivity contribution in [2.45, 2.75) is 25.0 Å². The van der Waals surface area contributed by atoms with Gasteiger partial charge in [0.15, 0.2) is 0 Å². The summed E-state index contributed by atoms with van der Waals surface area (Å²) in [5, 5.41) is 5.98. The highest BCUT2D eigenvalue weighted by molar-refractivity contribution is 7.09. The van der Waals surface area contributed by atoms with Crippen molar-refractivity contribution in [3.8, 4) is 0 Å². The highest BCUT2D eigenvalue weighted by Crippen LogP contribution is 2.41. The second-order valence-electron chi connectivity index (χ2n) is 6.83. The molecule has 6 heteroatoms. The summed E-state index contributed by atoms with van der Waals surface area (Å²) in [4.78, 5) is 18.6. The third-order valence-corrected chi connectivity index (χ3v) is 6.23. The molecule has 2 saturated heterocycles. The number of amides is 1. The number of ether oxygens (including phenoxy) is 1. The van der Waals surface area contributed by atoms with Gasteiger partial charge in [0.25, 0.3) is 0 Å². The van der Waals surface area contributed by atoms with Crippen molar-refractivity contribution in [1.29, 1.82) is 0 Å². The van der Waals surface area contributed by atoms with Crippen LogP contribution in [0.3, 0.4) is 0 Å². The van der Waals surface area contributed by atoms with Crippen LogP contribution in [-0.2, 0) is 21.7 Å². The summed E-state index contributed by atoms with van der Waals surface area (Å²) in [5.74, 6) is 0.347. The number of thiazole rings is 1. The lowest BCUT2D eigenvalue weighted by atomic mass is 9.79. The van der Waals surface area contributed by atoms with E-state index in [2.05, 4.69) is 45.5 Å². The lowest BCUT2D eigenvalue weighted by Crippen LogP contribution is -2.56. The smallest absolute Gasteiger partial charge is 0.246 e. The number of aromatic nitrogens is 1. The van der Waals surface area contributed by atoms with Gasteiger partial charge in [-0.05, 0) is 37.4 Å². The van der Waals surface area contributed by atoms with E-state index in [9.17, 15) is 4.79 Å². The van der Waals surface area contributed by atoms with Crippen LogP contribution in [0.2, 0.25) is 0 Å². The van der Waals surface area contributed by atoms with Gasteiger partial charge >= 0.3 is 0 Å². The molecule has 25 heavy (non-hydrogen) atoms. The first-order valence-corrected chi connectivity index (χ1v) is 9.71. The van der Waals surface area contributed by atoms with E-state index in [1.165, 1.54) is 5.56 Å². The Kier molecular flexibility index (Phi) is 4.83. The van der Waals surface area contributed by atoms with Gasteiger partial charge in [-0.25, -0.2) is 4.98 Å². The molecule has 0 unspecified atom stereocenters. The molecule has 3 heterocycles. The maximum Gasteiger partial charge on any atom is 0.246 e. The molecule has 2 aliphatic heterocycles. The van der Waals surface area contributed by atoms with Crippen LogP contribution < -0.4 is 5.32 Å². The Balaban J connectivity index is 1.45. The van der Waals surface area contributed by atoms with Crippen LogP contribution in [0.1, 0.15) is 23.4 Å². The minimum Gasteiger partial charge on any atom is -0.356 e. The normalized spacial score (nSPS) is 25.7. The minimum absolute atomic E-state index is 0.0336. The van der Waals surface area contributed by atoms with Gasteiger partial charge in [-0.15, -0.1) is 11.3 Å². The molecule has 1 aromatic carbocycles. The molecule has 1 amide bonds. The van der Waals surface area contributed by atoms with Crippen LogP contribution in [0.25, 0.3) is 0 Å². The molecule has 0 spiro atoms. The number of carbonyl (C=O) groups excluding carboxylic acids is 1. The standard InChI is InChI=1S/C19H23N3O2S/c23-17-13-24-19(14-21-17,18-20-8-11-25-18)16-6-9-22(10-7-16)12-15-4-2-1-3-5-15/h1-5,8,11,16H,6-7,9-10,12-14H2,(H,21,23)/t19-/m0/s1. The minimum atomic E-state index is -0.457. The molecular weight excluding hydrogens is 334 g/mol. The summed E-state index contributed by atoms with van der Waals surface area (Å²) in [5.41, 5.74) is 0.901. The van der Waals surface area contributed by atoms with Crippen LogP contribution in [0.4, 0.5) is 0 Å². The maximum atomic E-state index is 11.6. The van der Waals surface area contributed by atoms with Crippen molar-refractivity contribution >= 4 is 17.2 Å². The van der Waals surface area contributed by atoms with Crippen LogP contribution in [0.15, 0.2) is 41.9 Å². The lowest BCUT2D eigenvalue weighted by molar-refractivity contribution is -0.158. The van der Waals surface area contributed by atoms with Crippen LogP contribution in [0, 0.1) is 5.92 Å². The molecule has 1 N–H and O–H groups in total. The Labute approximate surface area is 152 Å². The zero-order chi connectivity index (χ0) is 17.1. The summed E-state index contributed by atoms with van der Waals surface area (Å²) in [7, 11) is 0. The monoisotopic (exact) mass is 357 g/mol. The SMILES string of the molecule is O=C1CO[C@](c2nccs2)(C2CCN(Cc3ccccc3)CC2)CN1. The molecule has 2 aromatic rings. The van der Waals surface area contributed by atoms with E-state index < -0.39 is 5.60 Å². The number of carbonyl (C=O) groups is 1. The van der Waals surface area contributed by atoms with Gasteiger partial charge in [0.05, 0.1) is 6.54 Å². The first kappa shape index (κ1) is 16.7. The molecule has 1 atom stereocenters. The number of nitrogens with one attached hydrogen (secondary N) is 1. The predicted molar refractivity (Wildman–Crippen MR) is 97.2 cm³/mol. The predicted octanol–water partition coefficient (Wildman–Crippen LogP) is 2.40. The van der Waals surface area contributed by atoms with Gasteiger partial charge in [0, 0.05) is 18.1 Å². The Morgan fingerprint density at radius 3 is 2.72 bits per heavy atom. The summed E-state index contributed by atoms with van der Waals surface area (Å²) < 4.78 is 6.13. The molecular formula is C19H23N3O2S. The van der Waals surface area contributed by atoms with Crippen molar-refractivity contribution in [2.75, 3.05) is 26.2 Å². The average Bonchev–Trinajstić information content (AvgIpc) is 3.20. The molecule has 0 radical (unpaired) electrons.